The highest BCUT2D eigenvalue weighted by Crippen LogP contribution is 2.58. The van der Waals surface area contributed by atoms with Crippen molar-refractivity contribution >= 4 is 46.5 Å². The number of hydrogen-bond donors (Lipinski definition) is 13. The van der Waals surface area contributed by atoms with Crippen LogP contribution >= 0.6 is 11.6 Å². The van der Waals surface area contributed by atoms with Crippen LogP contribution in [-0.2, 0) is 24.8 Å². The third kappa shape index (κ3) is 6.68. The average Bonchev–Trinajstić information content (AvgIpc) is 3.20. The van der Waals surface area contributed by atoms with Gasteiger partial charge in [0.2, 0.25) is 11.6 Å². The van der Waals surface area contributed by atoms with Crippen LogP contribution in [0, 0.1) is 23.7 Å². The van der Waals surface area contributed by atoms with Crippen molar-refractivity contribution in [2.45, 2.75) is 54.4 Å². The molecule has 0 unspecified atom stereocenters. The van der Waals surface area contributed by atoms with Gasteiger partial charge in [0.25, 0.3) is 11.8 Å². The Kier molecular flexibility index (Phi) is 13.0. The quantitative estimate of drug-likeness (QED) is 0.139. The molecule has 8 rings (SSSR count). The molecule has 0 aromatic heterocycles. The monoisotopic (exact) mass is 960 g/mol. The number of amides is 2. The standard InChI is InChI=1S/C22H24N2O9.C21H21ClN2O8.2H2O/c1-21(32)7-5-4-6-8(25)9(7)15(26)10-12(21)17(28)13-14(24(2)3)16(27)11(20(23)31)19(30)22(13,33)18(10)29;1-24(2)14-7-5-6-10(16(27)12-9(25)4-3-8(22)11(12)15(6)26)18(29)21(7,32)19(30)13(17(14)28)20(23)31;;/h4-6,12-14,17,25,27-29,32-33H,1-3H3,(H2,23,31);3-4,6-7,14-15,25-26,28-29,32H,5H2,1-2H3,(H2,23,31);2*1H2/t12-,13-,14+,17+,21-,22+;6-,7-,14-,15-,21-;;/m10../s1. The lowest BCUT2D eigenvalue weighted by molar-refractivity contribution is -0.173. The fourth-order valence-electron chi connectivity index (χ4n) is 10.9. The highest BCUT2D eigenvalue weighted by molar-refractivity contribution is 6.33. The molecule has 0 bridgehead atoms. The summed E-state index contributed by atoms with van der Waals surface area (Å²) in [5.74, 6) is -17.8. The van der Waals surface area contributed by atoms with Gasteiger partial charge >= 0.3 is 0 Å². The van der Waals surface area contributed by atoms with E-state index in [1.165, 1.54) is 69.2 Å². The number of likely N-dealkylation sites (N-methyl/N-ethyl adjacent to an activating group) is 2. The minimum atomic E-state index is -3.02. The maximum Gasteiger partial charge on any atom is 0.255 e. The Balaban J connectivity index is 0.000000244. The van der Waals surface area contributed by atoms with Crippen LogP contribution in [0.3, 0.4) is 0 Å². The van der Waals surface area contributed by atoms with Crippen LogP contribution in [0.25, 0.3) is 0 Å². The Morgan fingerprint density at radius 1 is 0.701 bits per heavy atom. The molecule has 19 N–H and O–H groups in total. The summed E-state index contributed by atoms with van der Waals surface area (Å²) in [7, 11) is 5.88. The Labute approximate surface area is 383 Å². The Morgan fingerprint density at radius 2 is 1.18 bits per heavy atom. The van der Waals surface area contributed by atoms with Gasteiger partial charge in [-0.3, -0.25) is 38.6 Å². The number of halogens is 1. The summed E-state index contributed by atoms with van der Waals surface area (Å²) in [6.45, 7) is 1.25. The minimum Gasteiger partial charge on any atom is -0.510 e. The minimum absolute atomic E-state index is 0. The zero-order chi connectivity index (χ0) is 48.6. The molecular formula is C43H49ClN4O19. The fraction of sp³-hybridized carbons (Fsp3) is 0.395. The number of phenolic OH excluding ortho intramolecular Hbond substituents is 2. The molecule has 0 heterocycles. The van der Waals surface area contributed by atoms with Crippen LogP contribution in [0.2, 0.25) is 5.02 Å². The molecule has 2 aromatic rings. The number of carbonyl (C=O) groups excluding carboxylic acids is 6. The average molecular weight is 961 g/mol. The third-order valence-electron chi connectivity index (χ3n) is 13.7. The zero-order valence-corrected chi connectivity index (χ0v) is 36.8. The third-order valence-corrected chi connectivity index (χ3v) is 14.0. The van der Waals surface area contributed by atoms with E-state index >= 15 is 0 Å². The second-order valence-corrected chi connectivity index (χ2v) is 17.9. The number of phenols is 2. The number of rotatable bonds is 4. The molecule has 0 aliphatic heterocycles. The number of nitrogens with zero attached hydrogens (tertiary/aromatic N) is 2. The van der Waals surface area contributed by atoms with E-state index in [2.05, 4.69) is 0 Å². The lowest BCUT2D eigenvalue weighted by Gasteiger charge is -2.55. The normalized spacial score (nSPS) is 33.0. The van der Waals surface area contributed by atoms with E-state index < -0.39 is 157 Å². The van der Waals surface area contributed by atoms with E-state index in [1.54, 1.807) is 0 Å². The zero-order valence-electron chi connectivity index (χ0n) is 36.0. The first-order chi connectivity index (χ1) is 30.0. The molecule has 0 saturated heterocycles. The summed E-state index contributed by atoms with van der Waals surface area (Å²) >= 11 is 6.17. The first kappa shape index (κ1) is 51.7. The van der Waals surface area contributed by atoms with Crippen LogP contribution in [-0.4, -0.2) is 169 Å². The van der Waals surface area contributed by atoms with Gasteiger partial charge in [-0.2, -0.15) is 0 Å². The SMILES string of the molecule is CN(C)[C@@H]1C(O)=C(C(N)=O)C(=O)[C@@]2(O)C(O)=C3C(=O)c4c(O)ccc(Cl)c4[C@@H](O)[C@H]3C[C@@H]12.CN(C)[C@@H]1C(O)=C(C(N)=O)C(=O)[C@@]2(O)C(O)=C3C(=O)c4c(O)cccc4[C@@](C)(O)[C@H]3[C@H](O)[C@@H]12.O.O. The van der Waals surface area contributed by atoms with Crippen molar-refractivity contribution in [1.29, 1.82) is 0 Å². The van der Waals surface area contributed by atoms with Gasteiger partial charge in [-0.1, -0.05) is 23.7 Å². The second kappa shape index (κ2) is 16.8. The van der Waals surface area contributed by atoms with Crippen molar-refractivity contribution in [1.82, 2.24) is 9.80 Å². The molecule has 24 heteroatoms. The van der Waals surface area contributed by atoms with Crippen molar-refractivity contribution in [2.75, 3.05) is 28.2 Å². The van der Waals surface area contributed by atoms with Gasteiger partial charge in [0.05, 0.1) is 58.4 Å². The van der Waals surface area contributed by atoms with E-state index in [1.807, 2.05) is 0 Å². The maximum atomic E-state index is 13.3. The van der Waals surface area contributed by atoms with Gasteiger partial charge in [0.15, 0.2) is 22.8 Å². The van der Waals surface area contributed by atoms with Crippen LogP contribution < -0.4 is 11.5 Å². The maximum absolute atomic E-state index is 13.3. The first-order valence-corrected chi connectivity index (χ1v) is 20.2. The van der Waals surface area contributed by atoms with E-state index in [0.717, 1.165) is 6.07 Å². The largest absolute Gasteiger partial charge is 0.510 e. The van der Waals surface area contributed by atoms with E-state index in [0.29, 0.717) is 0 Å². The highest BCUT2D eigenvalue weighted by Gasteiger charge is 2.69. The lowest BCUT2D eigenvalue weighted by Crippen LogP contribution is -2.70. The summed E-state index contributed by atoms with van der Waals surface area (Å²) in [6.07, 6.45) is -3.58. The molecule has 2 aromatic carbocycles. The van der Waals surface area contributed by atoms with Crippen molar-refractivity contribution in [3.63, 3.8) is 0 Å². The molecule has 0 radical (unpaired) electrons. The number of primary amides is 2. The molecular weight excluding hydrogens is 912 g/mol. The number of carbonyl (C=O) groups is 6. The number of benzene rings is 2. The number of fused-ring (bicyclic) bond motifs is 6. The number of hydrogen-bond acceptors (Lipinski definition) is 19. The molecule has 6 aliphatic rings. The fourth-order valence-corrected chi connectivity index (χ4v) is 11.1. The van der Waals surface area contributed by atoms with Gasteiger partial charge in [-0.25, -0.2) is 0 Å². The summed E-state index contributed by atoms with van der Waals surface area (Å²) in [5.41, 5.74) is -1.14. The van der Waals surface area contributed by atoms with Gasteiger partial charge in [-0.15, -0.1) is 0 Å². The molecule has 67 heavy (non-hydrogen) atoms. The van der Waals surface area contributed by atoms with Crippen LogP contribution in [0.15, 0.2) is 75.7 Å². The van der Waals surface area contributed by atoms with Crippen molar-refractivity contribution in [3.05, 3.63) is 103 Å². The highest BCUT2D eigenvalue weighted by atomic mass is 35.5. The molecule has 11 atom stereocenters. The van der Waals surface area contributed by atoms with Crippen LogP contribution in [0.4, 0.5) is 0 Å². The molecule has 23 nitrogen and oxygen atoms in total. The van der Waals surface area contributed by atoms with Crippen LogP contribution in [0.5, 0.6) is 11.5 Å². The van der Waals surface area contributed by atoms with Gasteiger partial charge in [0, 0.05) is 28.0 Å². The van der Waals surface area contributed by atoms with E-state index in [9.17, 15) is 84.9 Å². The van der Waals surface area contributed by atoms with Crippen molar-refractivity contribution in [2.24, 2.45) is 35.1 Å². The summed E-state index contributed by atoms with van der Waals surface area (Å²) < 4.78 is 0. The Hall–Kier alpha value is -6.25. The Bertz CT molecular complexity index is 2710. The predicted octanol–water partition coefficient (Wildman–Crippen LogP) is -2.63. The number of aromatic hydroxyl groups is 2. The number of ketones is 4. The van der Waals surface area contributed by atoms with Crippen molar-refractivity contribution in [3.8, 4) is 11.5 Å². The lowest BCUT2D eigenvalue weighted by atomic mass is 9.54. The van der Waals surface area contributed by atoms with Gasteiger partial charge < -0.3 is 78.6 Å². The molecule has 0 spiro atoms. The van der Waals surface area contributed by atoms with Crippen molar-refractivity contribution < 1.29 is 95.9 Å². The predicted molar refractivity (Wildman–Crippen MR) is 228 cm³/mol. The van der Waals surface area contributed by atoms with Gasteiger partial charge in [-0.05, 0) is 65.3 Å². The second-order valence-electron chi connectivity index (χ2n) is 17.5. The smallest absolute Gasteiger partial charge is 0.255 e. The summed E-state index contributed by atoms with van der Waals surface area (Å²) in [6, 6.07) is 3.84. The summed E-state index contributed by atoms with van der Waals surface area (Å²) in [5, 5.41) is 121. The molecule has 0 fully saturated rings. The molecule has 362 valence electrons. The number of aliphatic hydroxyl groups is 9. The van der Waals surface area contributed by atoms with E-state index in [-0.39, 0.29) is 44.6 Å². The van der Waals surface area contributed by atoms with Crippen LogP contribution in [0.1, 0.15) is 51.3 Å². The number of aliphatic hydroxyl groups excluding tert-OH is 6. The molecule has 6 aliphatic carbocycles. The van der Waals surface area contributed by atoms with E-state index in [4.69, 9.17) is 23.1 Å². The number of Topliss-reactive ketones (excluding diaryl/α,β-unsaturated/α-hetero) is 4. The Morgan fingerprint density at radius 3 is 1.70 bits per heavy atom. The number of nitrogens with two attached hydrogens (primary N) is 2. The molecule has 0 saturated carbocycles. The first-order valence-electron chi connectivity index (χ1n) is 19.8. The summed E-state index contributed by atoms with van der Waals surface area (Å²) in [4.78, 5) is 79.5. The van der Waals surface area contributed by atoms with Gasteiger partial charge in [0.1, 0.15) is 45.7 Å². The topological polar surface area (TPSA) is 446 Å². The molecule has 2 amide bonds.